The lowest BCUT2D eigenvalue weighted by Gasteiger charge is -2.30. The molecule has 0 radical (unpaired) electrons. The zero-order chi connectivity index (χ0) is 26.4. The predicted molar refractivity (Wildman–Crippen MR) is 167 cm³/mol. The molecule has 0 aromatic heterocycles. The molecule has 1 aliphatic carbocycles. The summed E-state index contributed by atoms with van der Waals surface area (Å²) in [7, 11) is 0. The Balaban J connectivity index is 1.20. The van der Waals surface area contributed by atoms with Crippen molar-refractivity contribution in [1.29, 1.82) is 0 Å². The highest BCUT2D eigenvalue weighted by Gasteiger charge is 2.40. The molecule has 39 heavy (non-hydrogen) atoms. The molecule has 0 bridgehead atoms. The summed E-state index contributed by atoms with van der Waals surface area (Å²) in [6, 6.07) is 49.3. The summed E-state index contributed by atoms with van der Waals surface area (Å²) in [5, 5.41) is 2.57. The van der Waals surface area contributed by atoms with Crippen LogP contribution in [0.3, 0.4) is 0 Å². The smallest absolute Gasteiger partial charge is 0.0210 e. The quantitative estimate of drug-likeness (QED) is 0.221. The van der Waals surface area contributed by atoms with E-state index in [-0.39, 0.29) is 5.41 Å². The van der Waals surface area contributed by atoms with Crippen LogP contribution in [0.4, 0.5) is 0 Å². The first-order valence-corrected chi connectivity index (χ1v) is 14.2. The van der Waals surface area contributed by atoms with Gasteiger partial charge in [0.05, 0.1) is 0 Å². The van der Waals surface area contributed by atoms with Crippen molar-refractivity contribution < 1.29 is 0 Å². The van der Waals surface area contributed by atoms with E-state index < -0.39 is 0 Å². The Hall–Kier alpha value is -4.42. The second kappa shape index (κ2) is 9.40. The second-order valence-electron chi connectivity index (χ2n) is 10.8. The molecule has 0 unspecified atom stereocenters. The van der Waals surface area contributed by atoms with Crippen LogP contribution in [0, 0.1) is 0 Å². The summed E-state index contributed by atoms with van der Waals surface area (Å²) in [5.41, 5.74) is 13.5. The van der Waals surface area contributed by atoms with Crippen molar-refractivity contribution in [3.8, 4) is 44.5 Å². The highest BCUT2D eigenvalue weighted by molar-refractivity contribution is 5.96. The normalized spacial score (nSPS) is 13.3. The van der Waals surface area contributed by atoms with Crippen LogP contribution in [0.2, 0.25) is 0 Å². The van der Waals surface area contributed by atoms with Crippen LogP contribution in [-0.2, 0) is 5.41 Å². The van der Waals surface area contributed by atoms with Crippen LogP contribution in [0.1, 0.15) is 37.8 Å². The Morgan fingerprint density at radius 1 is 0.410 bits per heavy atom. The van der Waals surface area contributed by atoms with E-state index in [0.717, 1.165) is 12.8 Å². The lowest BCUT2D eigenvalue weighted by atomic mass is 9.73. The average molecular weight is 501 g/mol. The third-order valence-corrected chi connectivity index (χ3v) is 9.01. The van der Waals surface area contributed by atoms with E-state index in [1.165, 1.54) is 66.4 Å². The zero-order valence-electron chi connectivity index (χ0n) is 22.6. The predicted octanol–water partition coefficient (Wildman–Crippen LogP) is 10.9. The molecule has 0 spiro atoms. The van der Waals surface area contributed by atoms with Crippen LogP contribution in [0.25, 0.3) is 55.3 Å². The first-order valence-electron chi connectivity index (χ1n) is 14.2. The van der Waals surface area contributed by atoms with Crippen LogP contribution < -0.4 is 0 Å². The molecule has 0 fully saturated rings. The summed E-state index contributed by atoms with van der Waals surface area (Å²) >= 11 is 0. The van der Waals surface area contributed by atoms with Crippen molar-refractivity contribution >= 4 is 10.8 Å². The molecule has 0 N–H and O–H groups in total. The molecule has 0 saturated heterocycles. The van der Waals surface area contributed by atoms with Gasteiger partial charge in [0, 0.05) is 5.41 Å². The Bertz CT molecular complexity index is 1790. The van der Waals surface area contributed by atoms with Crippen LogP contribution in [-0.4, -0.2) is 0 Å². The first kappa shape index (κ1) is 23.7. The van der Waals surface area contributed by atoms with Crippen molar-refractivity contribution in [3.63, 3.8) is 0 Å². The van der Waals surface area contributed by atoms with Crippen molar-refractivity contribution in [2.75, 3.05) is 0 Å². The molecule has 188 valence electrons. The van der Waals surface area contributed by atoms with Crippen LogP contribution in [0.15, 0.2) is 133 Å². The maximum absolute atomic E-state index is 2.45. The summed E-state index contributed by atoms with van der Waals surface area (Å²) < 4.78 is 0. The monoisotopic (exact) mass is 500 g/mol. The number of rotatable bonds is 5. The van der Waals surface area contributed by atoms with E-state index in [9.17, 15) is 0 Å². The molecule has 6 aromatic carbocycles. The van der Waals surface area contributed by atoms with Gasteiger partial charge in [0.25, 0.3) is 0 Å². The summed E-state index contributed by atoms with van der Waals surface area (Å²) in [4.78, 5) is 0. The fourth-order valence-corrected chi connectivity index (χ4v) is 6.82. The van der Waals surface area contributed by atoms with Gasteiger partial charge in [-0.25, -0.2) is 0 Å². The molecule has 0 aliphatic heterocycles. The molecular weight excluding hydrogens is 468 g/mol. The van der Waals surface area contributed by atoms with Gasteiger partial charge >= 0.3 is 0 Å². The SMILES string of the molecule is CCC1(CC)c2ccccc2-c2ccc(-c3ccc(-c4ccc(-c5cccc6ccccc56)cc4)cc3)cc21. The Kier molecular flexibility index (Phi) is 5.71. The number of fused-ring (bicyclic) bond motifs is 4. The highest BCUT2D eigenvalue weighted by atomic mass is 14.4. The van der Waals surface area contributed by atoms with Gasteiger partial charge in [-0.05, 0) is 85.3 Å². The molecule has 0 nitrogen and oxygen atoms in total. The van der Waals surface area contributed by atoms with E-state index in [1.54, 1.807) is 0 Å². The standard InChI is InChI=1S/C39H32/c1-3-39(4-2)37-15-8-7-13-35(37)36-25-24-32(26-38(36)39)29-18-16-27(17-19-29)28-20-22-31(23-21-28)34-14-9-11-30-10-5-6-12-33(30)34/h5-26H,3-4H2,1-2H3. The van der Waals surface area contributed by atoms with Crippen molar-refractivity contribution in [3.05, 3.63) is 145 Å². The van der Waals surface area contributed by atoms with E-state index in [1.807, 2.05) is 0 Å². The molecule has 1 aliphatic rings. The van der Waals surface area contributed by atoms with Gasteiger partial charge < -0.3 is 0 Å². The topological polar surface area (TPSA) is 0 Å². The summed E-state index contributed by atoms with van der Waals surface area (Å²) in [6.45, 7) is 4.67. The minimum atomic E-state index is 0.105. The third kappa shape index (κ3) is 3.74. The molecule has 0 heteroatoms. The number of hydrogen-bond acceptors (Lipinski definition) is 0. The van der Waals surface area contributed by atoms with Gasteiger partial charge in [-0.15, -0.1) is 0 Å². The largest absolute Gasteiger partial charge is 0.0642 e. The Morgan fingerprint density at radius 3 is 1.64 bits per heavy atom. The second-order valence-corrected chi connectivity index (χ2v) is 10.8. The Labute approximate surface area is 231 Å². The molecule has 0 atom stereocenters. The van der Waals surface area contributed by atoms with Crippen molar-refractivity contribution in [1.82, 2.24) is 0 Å². The number of benzene rings is 6. The van der Waals surface area contributed by atoms with Crippen LogP contribution >= 0.6 is 0 Å². The molecule has 6 aromatic rings. The van der Waals surface area contributed by atoms with Crippen molar-refractivity contribution in [2.45, 2.75) is 32.1 Å². The lowest BCUT2D eigenvalue weighted by molar-refractivity contribution is 0.490. The van der Waals surface area contributed by atoms with Gasteiger partial charge in [0.2, 0.25) is 0 Å². The molecule has 0 amide bonds. The number of hydrogen-bond donors (Lipinski definition) is 0. The molecule has 0 saturated carbocycles. The molecular formula is C39H32. The summed E-state index contributed by atoms with van der Waals surface area (Å²) in [6.07, 6.45) is 2.23. The third-order valence-electron chi connectivity index (χ3n) is 9.01. The fourth-order valence-electron chi connectivity index (χ4n) is 6.82. The minimum Gasteiger partial charge on any atom is -0.0642 e. The van der Waals surface area contributed by atoms with Gasteiger partial charge in [-0.2, -0.15) is 0 Å². The lowest BCUT2D eigenvalue weighted by Crippen LogP contribution is -2.23. The Morgan fingerprint density at radius 2 is 0.923 bits per heavy atom. The zero-order valence-corrected chi connectivity index (χ0v) is 22.6. The van der Waals surface area contributed by atoms with Gasteiger partial charge in [-0.1, -0.05) is 141 Å². The average Bonchev–Trinajstić information content (AvgIpc) is 3.30. The summed E-state index contributed by atoms with van der Waals surface area (Å²) in [5.74, 6) is 0. The maximum Gasteiger partial charge on any atom is 0.0210 e. The van der Waals surface area contributed by atoms with E-state index in [0.29, 0.717) is 0 Å². The molecule has 7 rings (SSSR count). The van der Waals surface area contributed by atoms with Gasteiger partial charge in [0.15, 0.2) is 0 Å². The fraction of sp³-hybridized carbons (Fsp3) is 0.128. The highest BCUT2D eigenvalue weighted by Crippen LogP contribution is 2.53. The van der Waals surface area contributed by atoms with Crippen molar-refractivity contribution in [2.24, 2.45) is 0 Å². The first-order chi connectivity index (χ1) is 19.2. The van der Waals surface area contributed by atoms with E-state index >= 15 is 0 Å². The maximum atomic E-state index is 2.45. The van der Waals surface area contributed by atoms with E-state index in [4.69, 9.17) is 0 Å². The van der Waals surface area contributed by atoms with E-state index in [2.05, 4.69) is 147 Å². The van der Waals surface area contributed by atoms with Crippen LogP contribution in [0.5, 0.6) is 0 Å². The van der Waals surface area contributed by atoms with Gasteiger partial charge in [-0.3, -0.25) is 0 Å². The minimum absolute atomic E-state index is 0.105. The molecule has 0 heterocycles. The van der Waals surface area contributed by atoms with Gasteiger partial charge in [0.1, 0.15) is 0 Å².